The lowest BCUT2D eigenvalue weighted by molar-refractivity contribution is -0.145. The highest BCUT2D eigenvalue weighted by molar-refractivity contribution is 5.78. The molecule has 19 heavy (non-hydrogen) atoms. The van der Waals surface area contributed by atoms with Crippen LogP contribution in [-0.2, 0) is 14.3 Å². The first-order valence-corrected chi connectivity index (χ1v) is 6.68. The van der Waals surface area contributed by atoms with E-state index >= 15 is 0 Å². The Kier molecular flexibility index (Phi) is 9.77. The molecule has 0 bridgehead atoms. The van der Waals surface area contributed by atoms with Crippen molar-refractivity contribution in [3.8, 4) is 0 Å². The molecule has 2 N–H and O–H groups in total. The van der Waals surface area contributed by atoms with Crippen LogP contribution in [0.1, 0.15) is 20.3 Å². The van der Waals surface area contributed by atoms with Crippen LogP contribution in [0, 0.1) is 0 Å². The number of nitrogens with zero attached hydrogens (tertiary/aromatic N) is 1. The third kappa shape index (κ3) is 7.47. The van der Waals surface area contributed by atoms with Crippen LogP contribution in [0.5, 0.6) is 0 Å². The number of nitrogens with one attached hydrogen (secondary N) is 1. The molecule has 0 spiro atoms. The van der Waals surface area contributed by atoms with Crippen molar-refractivity contribution in [3.05, 3.63) is 0 Å². The lowest BCUT2D eigenvalue weighted by atomic mass is 10.0. The number of hydrogen-bond donors (Lipinski definition) is 2. The van der Waals surface area contributed by atoms with Gasteiger partial charge in [-0.15, -0.1) is 0 Å². The molecule has 0 aromatic carbocycles. The second-order valence-electron chi connectivity index (χ2n) is 4.83. The van der Waals surface area contributed by atoms with Crippen molar-refractivity contribution >= 4 is 5.97 Å². The van der Waals surface area contributed by atoms with Crippen LogP contribution in [0.3, 0.4) is 0 Å². The molecule has 0 radical (unpaired) electrons. The lowest BCUT2D eigenvalue weighted by Gasteiger charge is -2.33. The topological polar surface area (TPSA) is 71.0 Å². The van der Waals surface area contributed by atoms with Crippen LogP contribution in [-0.4, -0.2) is 75.1 Å². The van der Waals surface area contributed by atoms with E-state index in [0.717, 1.165) is 6.42 Å². The van der Waals surface area contributed by atoms with Gasteiger partial charge in [0.25, 0.3) is 0 Å². The van der Waals surface area contributed by atoms with E-state index in [1.807, 2.05) is 11.8 Å². The summed E-state index contributed by atoms with van der Waals surface area (Å²) in [6.07, 6.45) is 0.902. The Labute approximate surface area is 116 Å². The Hall–Kier alpha value is -0.690. The minimum Gasteiger partial charge on any atom is -0.480 e. The molecule has 6 nitrogen and oxygen atoms in total. The number of rotatable bonds is 12. The SMILES string of the molecule is CCCNC(C)(CN(CCOC)CCOC)C(=O)O. The number of methoxy groups -OCH3 is 2. The minimum absolute atomic E-state index is 0.426. The van der Waals surface area contributed by atoms with E-state index in [2.05, 4.69) is 5.32 Å². The first-order valence-electron chi connectivity index (χ1n) is 6.68. The Balaban J connectivity index is 4.56. The van der Waals surface area contributed by atoms with E-state index in [0.29, 0.717) is 39.4 Å². The molecule has 0 saturated heterocycles. The summed E-state index contributed by atoms with van der Waals surface area (Å²) in [7, 11) is 3.28. The van der Waals surface area contributed by atoms with E-state index in [4.69, 9.17) is 9.47 Å². The van der Waals surface area contributed by atoms with Crippen LogP contribution < -0.4 is 5.32 Å². The first-order chi connectivity index (χ1) is 9.00. The summed E-state index contributed by atoms with van der Waals surface area (Å²) in [5.74, 6) is -0.833. The van der Waals surface area contributed by atoms with Crippen LogP contribution >= 0.6 is 0 Å². The zero-order chi connectivity index (χ0) is 14.7. The predicted octanol–water partition coefficient (Wildman–Crippen LogP) is 0.424. The van der Waals surface area contributed by atoms with Gasteiger partial charge in [-0.2, -0.15) is 0 Å². The third-order valence-corrected chi connectivity index (χ3v) is 3.00. The zero-order valence-electron chi connectivity index (χ0n) is 12.6. The summed E-state index contributed by atoms with van der Waals surface area (Å²) in [6.45, 7) is 7.38. The van der Waals surface area contributed by atoms with Gasteiger partial charge in [-0.3, -0.25) is 9.69 Å². The highest BCUT2D eigenvalue weighted by Gasteiger charge is 2.34. The number of hydrogen-bond acceptors (Lipinski definition) is 5. The van der Waals surface area contributed by atoms with E-state index in [-0.39, 0.29) is 0 Å². The molecule has 0 amide bonds. The molecule has 0 aliphatic rings. The molecule has 6 heteroatoms. The molecule has 0 rings (SSSR count). The minimum atomic E-state index is -0.947. The van der Waals surface area contributed by atoms with E-state index in [1.54, 1.807) is 21.1 Å². The van der Waals surface area contributed by atoms with Gasteiger partial charge in [-0.25, -0.2) is 0 Å². The van der Waals surface area contributed by atoms with Gasteiger partial charge in [0, 0.05) is 33.9 Å². The van der Waals surface area contributed by atoms with Crippen LogP contribution in [0.2, 0.25) is 0 Å². The Morgan fingerprint density at radius 1 is 1.26 bits per heavy atom. The second-order valence-corrected chi connectivity index (χ2v) is 4.83. The van der Waals surface area contributed by atoms with Gasteiger partial charge in [-0.1, -0.05) is 6.92 Å². The summed E-state index contributed by atoms with van der Waals surface area (Å²) in [4.78, 5) is 13.5. The van der Waals surface area contributed by atoms with Crippen LogP contribution in [0.4, 0.5) is 0 Å². The fraction of sp³-hybridized carbons (Fsp3) is 0.923. The Morgan fingerprint density at radius 2 is 1.79 bits per heavy atom. The molecule has 0 aliphatic carbocycles. The van der Waals surface area contributed by atoms with Crippen molar-refractivity contribution in [2.75, 3.05) is 53.6 Å². The van der Waals surface area contributed by atoms with Gasteiger partial charge in [0.15, 0.2) is 0 Å². The molecular formula is C13H28N2O4. The first kappa shape index (κ1) is 18.3. The van der Waals surface area contributed by atoms with E-state index in [1.165, 1.54) is 0 Å². The molecule has 0 heterocycles. The molecule has 0 saturated carbocycles. The van der Waals surface area contributed by atoms with Crippen LogP contribution in [0.15, 0.2) is 0 Å². The van der Waals surface area contributed by atoms with Gasteiger partial charge in [0.1, 0.15) is 5.54 Å². The predicted molar refractivity (Wildman–Crippen MR) is 74.5 cm³/mol. The second kappa shape index (κ2) is 10.1. The largest absolute Gasteiger partial charge is 0.480 e. The number of carbonyl (C=O) groups is 1. The fourth-order valence-electron chi connectivity index (χ4n) is 1.76. The molecule has 114 valence electrons. The number of carboxylic acid groups (broad SMARTS) is 1. The molecule has 1 unspecified atom stereocenters. The molecule has 0 aromatic heterocycles. The highest BCUT2D eigenvalue weighted by atomic mass is 16.5. The van der Waals surface area contributed by atoms with E-state index in [9.17, 15) is 9.90 Å². The average molecular weight is 276 g/mol. The maximum atomic E-state index is 11.5. The Morgan fingerprint density at radius 3 is 2.16 bits per heavy atom. The molecular weight excluding hydrogens is 248 g/mol. The Bertz CT molecular complexity index is 243. The van der Waals surface area contributed by atoms with Gasteiger partial charge in [-0.05, 0) is 19.9 Å². The normalized spacial score (nSPS) is 14.6. The summed E-state index contributed by atoms with van der Waals surface area (Å²) >= 11 is 0. The van der Waals surface area contributed by atoms with Crippen molar-refractivity contribution in [2.45, 2.75) is 25.8 Å². The molecule has 0 aliphatic heterocycles. The van der Waals surface area contributed by atoms with E-state index < -0.39 is 11.5 Å². The fourth-order valence-corrected chi connectivity index (χ4v) is 1.76. The monoisotopic (exact) mass is 276 g/mol. The summed E-state index contributed by atoms with van der Waals surface area (Å²) in [6, 6.07) is 0. The van der Waals surface area contributed by atoms with Crippen molar-refractivity contribution < 1.29 is 19.4 Å². The van der Waals surface area contributed by atoms with Crippen LogP contribution in [0.25, 0.3) is 0 Å². The maximum Gasteiger partial charge on any atom is 0.324 e. The highest BCUT2D eigenvalue weighted by Crippen LogP contribution is 2.08. The van der Waals surface area contributed by atoms with Crippen molar-refractivity contribution in [2.24, 2.45) is 0 Å². The summed E-state index contributed by atoms with van der Waals surface area (Å²) in [5.41, 5.74) is -0.947. The summed E-state index contributed by atoms with van der Waals surface area (Å²) < 4.78 is 10.1. The number of carboxylic acids is 1. The van der Waals surface area contributed by atoms with Crippen molar-refractivity contribution in [1.82, 2.24) is 10.2 Å². The van der Waals surface area contributed by atoms with Gasteiger partial charge < -0.3 is 19.9 Å². The van der Waals surface area contributed by atoms with Gasteiger partial charge in [0.05, 0.1) is 13.2 Å². The maximum absolute atomic E-state index is 11.5. The molecule has 1 atom stereocenters. The third-order valence-electron chi connectivity index (χ3n) is 3.00. The standard InChI is InChI=1S/C13H28N2O4/c1-5-6-14-13(2,12(16)17)11-15(7-9-18-3)8-10-19-4/h14H,5-11H2,1-4H3,(H,16,17). The quantitative estimate of drug-likeness (QED) is 0.538. The van der Waals surface area contributed by atoms with Gasteiger partial charge >= 0.3 is 5.97 Å². The average Bonchev–Trinajstić information content (AvgIpc) is 2.39. The van der Waals surface area contributed by atoms with Crippen molar-refractivity contribution in [1.29, 1.82) is 0 Å². The zero-order valence-corrected chi connectivity index (χ0v) is 12.6. The summed E-state index contributed by atoms with van der Waals surface area (Å²) in [5, 5.41) is 12.5. The number of aliphatic carboxylic acids is 1. The molecule has 0 fully saturated rings. The molecule has 0 aromatic rings. The van der Waals surface area contributed by atoms with Gasteiger partial charge in [0.2, 0.25) is 0 Å². The van der Waals surface area contributed by atoms with Crippen molar-refractivity contribution in [3.63, 3.8) is 0 Å². The lowest BCUT2D eigenvalue weighted by Crippen LogP contribution is -2.57. The smallest absolute Gasteiger partial charge is 0.324 e. The number of ether oxygens (including phenoxy) is 2.